The Labute approximate surface area is 109 Å². The number of carbonyl (C=O) groups excluding carboxylic acids is 1. The minimum Gasteiger partial charge on any atom is -0.379 e. The van der Waals surface area contributed by atoms with Crippen LogP contribution >= 0.6 is 12.4 Å². The largest absolute Gasteiger partial charge is 0.379 e. The fourth-order valence-electron chi connectivity index (χ4n) is 2.59. The van der Waals surface area contributed by atoms with Crippen molar-refractivity contribution in [2.24, 2.45) is 5.73 Å². The lowest BCUT2D eigenvalue weighted by Crippen LogP contribution is -2.58. The molecule has 0 radical (unpaired) electrons. The first-order chi connectivity index (χ1) is 7.71. The molecule has 1 aliphatic carbocycles. The number of halogens is 1. The monoisotopic (exact) mass is 262 g/mol. The Balaban J connectivity index is 0.00000144. The Hall–Kier alpha value is -0.320. The number of hydrogen-bond acceptors (Lipinski definition) is 3. The summed E-state index contributed by atoms with van der Waals surface area (Å²) < 4.78 is 5.35. The van der Waals surface area contributed by atoms with Crippen molar-refractivity contribution in [2.45, 2.75) is 56.5 Å². The summed E-state index contributed by atoms with van der Waals surface area (Å²) in [6.45, 7) is 1.46. The first kappa shape index (κ1) is 14.7. The van der Waals surface area contributed by atoms with Crippen molar-refractivity contribution in [1.82, 2.24) is 5.32 Å². The van der Waals surface area contributed by atoms with Gasteiger partial charge in [0.25, 0.3) is 0 Å². The van der Waals surface area contributed by atoms with E-state index in [2.05, 4.69) is 5.32 Å². The summed E-state index contributed by atoms with van der Waals surface area (Å²) >= 11 is 0. The highest BCUT2D eigenvalue weighted by Crippen LogP contribution is 2.26. The van der Waals surface area contributed by atoms with Gasteiger partial charge in [0.15, 0.2) is 0 Å². The number of nitrogens with two attached hydrogens (primary N) is 1. The summed E-state index contributed by atoms with van der Waals surface area (Å²) in [5.41, 5.74) is 5.55. The second kappa shape index (κ2) is 6.57. The van der Waals surface area contributed by atoms with E-state index in [1.807, 2.05) is 0 Å². The second-order valence-corrected chi connectivity index (χ2v) is 5.10. The molecular formula is C12H23ClN2O2. The van der Waals surface area contributed by atoms with Crippen molar-refractivity contribution in [3.05, 3.63) is 0 Å². The van der Waals surface area contributed by atoms with Gasteiger partial charge in [-0.25, -0.2) is 0 Å². The van der Waals surface area contributed by atoms with Crippen LogP contribution in [0.2, 0.25) is 0 Å². The molecule has 1 unspecified atom stereocenters. The van der Waals surface area contributed by atoms with Crippen LogP contribution in [-0.4, -0.2) is 30.7 Å². The van der Waals surface area contributed by atoms with Gasteiger partial charge in [0.1, 0.15) is 0 Å². The molecule has 3 N–H and O–H groups in total. The quantitative estimate of drug-likeness (QED) is 0.790. The fourth-order valence-corrected chi connectivity index (χ4v) is 2.59. The summed E-state index contributed by atoms with van der Waals surface area (Å²) in [7, 11) is 0. The van der Waals surface area contributed by atoms with Gasteiger partial charge < -0.3 is 15.8 Å². The van der Waals surface area contributed by atoms with Crippen LogP contribution in [0, 0.1) is 0 Å². The molecule has 0 bridgehead atoms. The highest BCUT2D eigenvalue weighted by Gasteiger charge is 2.36. The third-order valence-electron chi connectivity index (χ3n) is 3.69. The molecule has 0 aromatic carbocycles. The molecule has 1 saturated heterocycles. The number of hydrogen-bond donors (Lipinski definition) is 2. The molecule has 0 spiro atoms. The smallest absolute Gasteiger partial charge is 0.240 e. The standard InChI is InChI=1S/C12H22N2O2.ClH/c13-12(6-2-1-3-7-12)11(15)14-10-5-4-8-16-9-10;/h10H,1-9,13H2,(H,14,15);1H. The zero-order valence-corrected chi connectivity index (χ0v) is 11.1. The molecule has 2 rings (SSSR count). The van der Waals surface area contributed by atoms with E-state index < -0.39 is 5.54 Å². The van der Waals surface area contributed by atoms with E-state index in [1.54, 1.807) is 0 Å². The molecule has 5 heteroatoms. The van der Waals surface area contributed by atoms with Crippen LogP contribution in [0.15, 0.2) is 0 Å². The van der Waals surface area contributed by atoms with E-state index in [0.717, 1.165) is 45.1 Å². The van der Waals surface area contributed by atoms with Crippen molar-refractivity contribution in [2.75, 3.05) is 13.2 Å². The van der Waals surface area contributed by atoms with Gasteiger partial charge in [0.05, 0.1) is 18.2 Å². The first-order valence-corrected chi connectivity index (χ1v) is 6.38. The van der Waals surface area contributed by atoms with Gasteiger partial charge in [-0.3, -0.25) is 4.79 Å². The normalized spacial score (nSPS) is 27.9. The molecule has 0 aromatic heterocycles. The number of rotatable bonds is 2. The zero-order valence-electron chi connectivity index (χ0n) is 10.2. The SMILES string of the molecule is Cl.NC1(C(=O)NC2CCCOC2)CCCCC1. The molecule has 2 fully saturated rings. The first-order valence-electron chi connectivity index (χ1n) is 6.38. The van der Waals surface area contributed by atoms with Crippen LogP contribution in [0.1, 0.15) is 44.9 Å². The molecule has 2 aliphatic rings. The summed E-state index contributed by atoms with van der Waals surface area (Å²) in [6, 6.07) is 0.170. The van der Waals surface area contributed by atoms with E-state index in [0.29, 0.717) is 6.61 Å². The molecule has 4 nitrogen and oxygen atoms in total. The maximum Gasteiger partial charge on any atom is 0.240 e. The maximum atomic E-state index is 12.1. The summed E-state index contributed by atoms with van der Waals surface area (Å²) in [5, 5.41) is 3.04. The zero-order chi connectivity index (χ0) is 11.4. The van der Waals surface area contributed by atoms with Gasteiger partial charge in [0, 0.05) is 6.61 Å². The number of carbonyl (C=O) groups is 1. The molecule has 100 valence electrons. The lowest BCUT2D eigenvalue weighted by molar-refractivity contribution is -0.129. The highest BCUT2D eigenvalue weighted by atomic mass is 35.5. The third kappa shape index (κ3) is 3.83. The van der Waals surface area contributed by atoms with Crippen molar-refractivity contribution in [3.63, 3.8) is 0 Å². The van der Waals surface area contributed by atoms with Crippen LogP contribution in [0.5, 0.6) is 0 Å². The van der Waals surface area contributed by atoms with Crippen LogP contribution in [0.25, 0.3) is 0 Å². The maximum absolute atomic E-state index is 12.1. The minimum absolute atomic E-state index is 0. The van der Waals surface area contributed by atoms with Gasteiger partial charge in [-0.15, -0.1) is 12.4 Å². The van der Waals surface area contributed by atoms with Crippen molar-refractivity contribution in [1.29, 1.82) is 0 Å². The van der Waals surface area contributed by atoms with E-state index >= 15 is 0 Å². The number of amides is 1. The van der Waals surface area contributed by atoms with E-state index in [9.17, 15) is 4.79 Å². The topological polar surface area (TPSA) is 64.4 Å². The summed E-state index contributed by atoms with van der Waals surface area (Å²) in [5.74, 6) is 0.0303. The summed E-state index contributed by atoms with van der Waals surface area (Å²) in [6.07, 6.45) is 7.05. The Bertz CT molecular complexity index is 249. The summed E-state index contributed by atoms with van der Waals surface area (Å²) in [4.78, 5) is 12.1. The molecule has 0 aromatic rings. The lowest BCUT2D eigenvalue weighted by Gasteiger charge is -2.34. The van der Waals surface area contributed by atoms with Crippen LogP contribution in [0.3, 0.4) is 0 Å². The van der Waals surface area contributed by atoms with Gasteiger partial charge in [0.2, 0.25) is 5.91 Å². The average molecular weight is 263 g/mol. The van der Waals surface area contributed by atoms with Crippen LogP contribution in [-0.2, 0) is 9.53 Å². The van der Waals surface area contributed by atoms with Crippen LogP contribution in [0.4, 0.5) is 0 Å². The molecule has 1 atom stereocenters. The Kier molecular flexibility index (Phi) is 5.70. The predicted molar refractivity (Wildman–Crippen MR) is 69.2 cm³/mol. The van der Waals surface area contributed by atoms with E-state index in [-0.39, 0.29) is 24.4 Å². The van der Waals surface area contributed by atoms with Gasteiger partial charge in [-0.1, -0.05) is 19.3 Å². The Morgan fingerprint density at radius 2 is 1.94 bits per heavy atom. The third-order valence-corrected chi connectivity index (χ3v) is 3.69. The Morgan fingerprint density at radius 3 is 2.53 bits per heavy atom. The molecule has 1 heterocycles. The van der Waals surface area contributed by atoms with Gasteiger partial charge >= 0.3 is 0 Å². The lowest BCUT2D eigenvalue weighted by atomic mass is 9.81. The highest BCUT2D eigenvalue weighted by molar-refractivity contribution is 5.86. The molecule has 17 heavy (non-hydrogen) atoms. The number of ether oxygens (including phenoxy) is 1. The Morgan fingerprint density at radius 1 is 1.24 bits per heavy atom. The fraction of sp³-hybridized carbons (Fsp3) is 0.917. The minimum atomic E-state index is -0.615. The van der Waals surface area contributed by atoms with Crippen molar-refractivity contribution < 1.29 is 9.53 Å². The number of nitrogens with one attached hydrogen (secondary N) is 1. The van der Waals surface area contributed by atoms with E-state index in [4.69, 9.17) is 10.5 Å². The van der Waals surface area contributed by atoms with Crippen molar-refractivity contribution in [3.8, 4) is 0 Å². The van der Waals surface area contributed by atoms with Crippen molar-refractivity contribution >= 4 is 18.3 Å². The second-order valence-electron chi connectivity index (χ2n) is 5.10. The van der Waals surface area contributed by atoms with Crippen LogP contribution < -0.4 is 11.1 Å². The van der Waals surface area contributed by atoms with E-state index in [1.165, 1.54) is 6.42 Å². The molecule has 1 saturated carbocycles. The van der Waals surface area contributed by atoms with Gasteiger partial charge in [-0.05, 0) is 25.7 Å². The predicted octanol–water partition coefficient (Wildman–Crippen LogP) is 1.36. The molecular weight excluding hydrogens is 240 g/mol. The average Bonchev–Trinajstić information content (AvgIpc) is 2.31. The van der Waals surface area contributed by atoms with Gasteiger partial charge in [-0.2, -0.15) is 0 Å². The molecule has 1 aliphatic heterocycles. The molecule has 1 amide bonds.